The van der Waals surface area contributed by atoms with E-state index in [4.69, 9.17) is 24.7 Å². The lowest BCUT2D eigenvalue weighted by atomic mass is 9.83. The summed E-state index contributed by atoms with van der Waals surface area (Å²) >= 11 is 3.54. The molecule has 0 spiro atoms. The van der Waals surface area contributed by atoms with Crippen molar-refractivity contribution in [2.24, 2.45) is 5.73 Å². The predicted octanol–water partition coefficient (Wildman–Crippen LogP) is 5.11. The molecule has 2 aliphatic heterocycles. The molecule has 0 saturated carbocycles. The van der Waals surface area contributed by atoms with E-state index in [0.717, 1.165) is 16.7 Å². The summed E-state index contributed by atoms with van der Waals surface area (Å²) in [6, 6.07) is 17.5. The quantitative estimate of drug-likeness (QED) is 0.541. The van der Waals surface area contributed by atoms with Crippen molar-refractivity contribution in [2.75, 3.05) is 6.79 Å². The highest BCUT2D eigenvalue weighted by Gasteiger charge is 2.33. The van der Waals surface area contributed by atoms with Crippen LogP contribution < -0.4 is 24.7 Å². The summed E-state index contributed by atoms with van der Waals surface area (Å²) in [5.41, 5.74) is 8.66. The van der Waals surface area contributed by atoms with Crippen LogP contribution >= 0.6 is 15.9 Å². The van der Waals surface area contributed by atoms with Crippen molar-refractivity contribution in [3.8, 4) is 29.1 Å². The van der Waals surface area contributed by atoms with E-state index in [9.17, 15) is 9.65 Å². The first-order chi connectivity index (χ1) is 15.5. The number of nitrogens with zero attached hydrogens (tertiary/aromatic N) is 1. The molecule has 0 aliphatic carbocycles. The van der Waals surface area contributed by atoms with Crippen molar-refractivity contribution in [2.45, 2.75) is 12.5 Å². The van der Waals surface area contributed by atoms with E-state index >= 15 is 0 Å². The molecule has 0 aromatic heterocycles. The number of benzene rings is 3. The van der Waals surface area contributed by atoms with E-state index in [0.29, 0.717) is 33.0 Å². The Hall–Kier alpha value is -3.70. The lowest BCUT2D eigenvalue weighted by Gasteiger charge is -2.27. The van der Waals surface area contributed by atoms with Crippen LogP contribution in [-0.4, -0.2) is 6.79 Å². The molecule has 0 amide bonds. The van der Waals surface area contributed by atoms with Crippen LogP contribution in [0.3, 0.4) is 0 Å². The van der Waals surface area contributed by atoms with Crippen molar-refractivity contribution < 1.29 is 23.3 Å². The van der Waals surface area contributed by atoms with Gasteiger partial charge in [0.25, 0.3) is 0 Å². The molecule has 3 aromatic rings. The standard InChI is InChI=1S/C24H16BrFN2O4/c25-18-7-14(4-5-19(18)29-11-13-2-1-3-15(26)6-13)23-16-8-21-22(31-12-30-21)9-20(16)32-24(28)17(23)10-27/h1-9,23H,11-12,28H2/t23-/m1/s1. The molecule has 2 N–H and O–H groups in total. The lowest BCUT2D eigenvalue weighted by molar-refractivity contribution is 0.174. The van der Waals surface area contributed by atoms with Gasteiger partial charge in [0, 0.05) is 11.6 Å². The maximum absolute atomic E-state index is 13.4. The number of rotatable bonds is 4. The summed E-state index contributed by atoms with van der Waals surface area (Å²) in [7, 11) is 0. The van der Waals surface area contributed by atoms with E-state index in [1.165, 1.54) is 12.1 Å². The highest BCUT2D eigenvalue weighted by atomic mass is 79.9. The number of hydrogen-bond donors (Lipinski definition) is 1. The molecule has 0 fully saturated rings. The number of ether oxygens (including phenoxy) is 4. The number of allylic oxidation sites excluding steroid dienone is 1. The molecular formula is C24H16BrFN2O4. The van der Waals surface area contributed by atoms with Crippen LogP contribution in [0.1, 0.15) is 22.6 Å². The zero-order valence-electron chi connectivity index (χ0n) is 16.6. The fourth-order valence-corrected chi connectivity index (χ4v) is 4.30. The molecule has 32 heavy (non-hydrogen) atoms. The largest absolute Gasteiger partial charge is 0.488 e. The maximum atomic E-state index is 13.4. The van der Waals surface area contributed by atoms with E-state index in [1.807, 2.05) is 18.2 Å². The van der Waals surface area contributed by atoms with Gasteiger partial charge in [0.1, 0.15) is 35.6 Å². The Morgan fingerprint density at radius 3 is 2.66 bits per heavy atom. The van der Waals surface area contributed by atoms with Gasteiger partial charge in [-0.05, 0) is 57.4 Å². The van der Waals surface area contributed by atoms with Gasteiger partial charge in [0.2, 0.25) is 12.7 Å². The highest BCUT2D eigenvalue weighted by Crippen LogP contribution is 2.48. The minimum Gasteiger partial charge on any atom is -0.488 e. The van der Waals surface area contributed by atoms with Gasteiger partial charge in [-0.25, -0.2) is 4.39 Å². The number of hydrogen-bond acceptors (Lipinski definition) is 6. The molecule has 3 aromatic carbocycles. The van der Waals surface area contributed by atoms with Crippen molar-refractivity contribution in [1.29, 1.82) is 5.26 Å². The van der Waals surface area contributed by atoms with Crippen molar-refractivity contribution in [3.63, 3.8) is 0 Å². The zero-order chi connectivity index (χ0) is 22.2. The second-order valence-electron chi connectivity index (χ2n) is 7.28. The summed E-state index contributed by atoms with van der Waals surface area (Å²) in [6.45, 7) is 0.343. The minimum atomic E-state index is -0.452. The van der Waals surface area contributed by atoms with E-state index in [1.54, 1.807) is 24.3 Å². The molecular weight excluding hydrogens is 479 g/mol. The van der Waals surface area contributed by atoms with E-state index in [-0.39, 0.29) is 25.1 Å². The second kappa shape index (κ2) is 8.09. The first kappa shape index (κ1) is 20.2. The molecule has 2 heterocycles. The zero-order valence-corrected chi connectivity index (χ0v) is 18.2. The van der Waals surface area contributed by atoms with Crippen molar-refractivity contribution in [1.82, 2.24) is 0 Å². The van der Waals surface area contributed by atoms with Crippen LogP contribution in [0.25, 0.3) is 0 Å². The monoisotopic (exact) mass is 494 g/mol. The Morgan fingerprint density at radius 2 is 1.91 bits per heavy atom. The topological polar surface area (TPSA) is 86.7 Å². The third kappa shape index (κ3) is 3.61. The fraction of sp³-hybridized carbons (Fsp3) is 0.125. The molecule has 2 aliphatic rings. The van der Waals surface area contributed by atoms with Gasteiger partial charge in [-0.15, -0.1) is 0 Å². The minimum absolute atomic E-state index is 0.0476. The third-order valence-electron chi connectivity index (χ3n) is 5.28. The third-order valence-corrected chi connectivity index (χ3v) is 5.90. The number of fused-ring (bicyclic) bond motifs is 2. The molecule has 6 nitrogen and oxygen atoms in total. The van der Waals surface area contributed by atoms with Crippen LogP contribution in [0.5, 0.6) is 23.0 Å². The first-order valence-electron chi connectivity index (χ1n) is 9.71. The van der Waals surface area contributed by atoms with Gasteiger partial charge in [-0.2, -0.15) is 5.26 Å². The van der Waals surface area contributed by atoms with Gasteiger partial charge in [-0.3, -0.25) is 0 Å². The predicted molar refractivity (Wildman–Crippen MR) is 117 cm³/mol. The Labute approximate surface area is 191 Å². The Kier molecular flexibility index (Phi) is 5.11. The maximum Gasteiger partial charge on any atom is 0.231 e. The van der Waals surface area contributed by atoms with Gasteiger partial charge < -0.3 is 24.7 Å². The Balaban J connectivity index is 1.48. The molecule has 5 rings (SSSR count). The average molecular weight is 495 g/mol. The normalized spacial score (nSPS) is 16.2. The van der Waals surface area contributed by atoms with Crippen molar-refractivity contribution >= 4 is 15.9 Å². The molecule has 0 radical (unpaired) electrons. The van der Waals surface area contributed by atoms with Gasteiger partial charge in [0.05, 0.1) is 10.4 Å². The average Bonchev–Trinajstić information content (AvgIpc) is 3.23. The Morgan fingerprint density at radius 1 is 1.09 bits per heavy atom. The molecule has 8 heteroatoms. The lowest BCUT2D eigenvalue weighted by Crippen LogP contribution is -2.21. The van der Waals surface area contributed by atoms with Crippen LogP contribution in [-0.2, 0) is 6.61 Å². The number of nitrogens with two attached hydrogens (primary N) is 1. The van der Waals surface area contributed by atoms with Crippen LogP contribution in [0, 0.1) is 17.1 Å². The number of nitriles is 1. The van der Waals surface area contributed by atoms with Gasteiger partial charge in [0.15, 0.2) is 11.5 Å². The SMILES string of the molecule is N#CC1=C(N)Oc2cc3c(cc2[C@H]1c1ccc(OCc2cccc(F)c2)c(Br)c1)OCO3. The summed E-state index contributed by atoms with van der Waals surface area (Å²) in [4.78, 5) is 0. The molecule has 160 valence electrons. The smallest absolute Gasteiger partial charge is 0.231 e. The number of halogens is 2. The molecule has 0 unspecified atom stereocenters. The molecule has 0 bridgehead atoms. The summed E-state index contributed by atoms with van der Waals surface area (Å²) in [5.74, 6) is 1.54. The summed E-state index contributed by atoms with van der Waals surface area (Å²) < 4.78 is 36.6. The highest BCUT2D eigenvalue weighted by molar-refractivity contribution is 9.10. The van der Waals surface area contributed by atoms with Crippen LogP contribution in [0.4, 0.5) is 4.39 Å². The fourth-order valence-electron chi connectivity index (χ4n) is 3.79. The van der Waals surface area contributed by atoms with Gasteiger partial charge >= 0.3 is 0 Å². The molecule has 0 saturated heterocycles. The molecule has 1 atom stereocenters. The van der Waals surface area contributed by atoms with Crippen LogP contribution in [0.15, 0.2) is 70.5 Å². The Bertz CT molecular complexity index is 1300. The second-order valence-corrected chi connectivity index (χ2v) is 8.13. The van der Waals surface area contributed by atoms with E-state index < -0.39 is 5.92 Å². The summed E-state index contributed by atoms with van der Waals surface area (Å²) in [5, 5.41) is 9.78. The van der Waals surface area contributed by atoms with Crippen LogP contribution in [0.2, 0.25) is 0 Å². The van der Waals surface area contributed by atoms with Gasteiger partial charge in [-0.1, -0.05) is 18.2 Å². The van der Waals surface area contributed by atoms with E-state index in [2.05, 4.69) is 22.0 Å². The summed E-state index contributed by atoms with van der Waals surface area (Å²) in [6.07, 6.45) is 0. The van der Waals surface area contributed by atoms with Crippen molar-refractivity contribution in [3.05, 3.63) is 93.0 Å². The first-order valence-corrected chi connectivity index (χ1v) is 10.5.